The van der Waals surface area contributed by atoms with E-state index in [1.807, 2.05) is 12.1 Å². The molecule has 2 saturated heterocycles. The Balaban J connectivity index is 1.61. The molecule has 2 N–H and O–H groups in total. The molecular formula is C16H22FN3S. The molecule has 1 atom stereocenters. The van der Waals surface area contributed by atoms with Crippen molar-refractivity contribution in [3.05, 3.63) is 35.1 Å². The Hall–Kier alpha value is -1.04. The maximum atomic E-state index is 14.1. The summed E-state index contributed by atoms with van der Waals surface area (Å²) in [5.74, 6) is -0.204. The lowest BCUT2D eigenvalue weighted by atomic mass is 10.1. The number of halogens is 1. The zero-order chi connectivity index (χ0) is 14.8. The number of hydrogen-bond donors (Lipinski definition) is 1. The summed E-state index contributed by atoms with van der Waals surface area (Å²) < 4.78 is 14.1. The smallest absolute Gasteiger partial charge is 0.128 e. The summed E-state index contributed by atoms with van der Waals surface area (Å²) in [6, 6.07) is 5.74. The monoisotopic (exact) mass is 307 g/mol. The van der Waals surface area contributed by atoms with Crippen LogP contribution in [0, 0.1) is 5.82 Å². The summed E-state index contributed by atoms with van der Waals surface area (Å²) in [4.78, 5) is 5.18. The number of nitrogens with zero attached hydrogens (tertiary/aromatic N) is 2. The van der Waals surface area contributed by atoms with Crippen molar-refractivity contribution in [3.8, 4) is 0 Å². The first-order chi connectivity index (χ1) is 10.1. The van der Waals surface area contributed by atoms with E-state index in [0.717, 1.165) is 18.7 Å². The summed E-state index contributed by atoms with van der Waals surface area (Å²) in [6.07, 6.45) is 3.85. The van der Waals surface area contributed by atoms with E-state index in [2.05, 4.69) is 9.80 Å². The first-order valence-corrected chi connectivity index (χ1v) is 8.09. The van der Waals surface area contributed by atoms with Gasteiger partial charge in [0.05, 0.1) is 0 Å². The Bertz CT molecular complexity index is 528. The fourth-order valence-electron chi connectivity index (χ4n) is 3.43. The van der Waals surface area contributed by atoms with Crippen LogP contribution in [0.25, 0.3) is 0 Å². The van der Waals surface area contributed by atoms with Gasteiger partial charge >= 0.3 is 0 Å². The van der Waals surface area contributed by atoms with Gasteiger partial charge in [0.1, 0.15) is 10.8 Å². The fourth-order valence-corrected chi connectivity index (χ4v) is 3.56. The van der Waals surface area contributed by atoms with E-state index in [1.165, 1.54) is 38.4 Å². The van der Waals surface area contributed by atoms with Crippen LogP contribution in [0.2, 0.25) is 0 Å². The highest BCUT2D eigenvalue weighted by Gasteiger charge is 2.29. The number of thiocarbonyl (C=S) groups is 1. The second-order valence-electron chi connectivity index (χ2n) is 6.09. The molecule has 1 aromatic carbocycles. The molecule has 1 unspecified atom stereocenters. The van der Waals surface area contributed by atoms with Gasteiger partial charge in [0.2, 0.25) is 0 Å². The minimum atomic E-state index is -0.204. The average Bonchev–Trinajstić information content (AvgIpc) is 3.11. The van der Waals surface area contributed by atoms with E-state index in [-0.39, 0.29) is 10.8 Å². The molecule has 2 aliphatic rings. The molecule has 0 aliphatic carbocycles. The molecule has 0 bridgehead atoms. The molecule has 0 radical (unpaired) electrons. The quantitative estimate of drug-likeness (QED) is 0.864. The van der Waals surface area contributed by atoms with E-state index in [9.17, 15) is 4.39 Å². The lowest BCUT2D eigenvalue weighted by molar-refractivity contribution is 0.229. The Morgan fingerprint density at radius 3 is 2.71 bits per heavy atom. The third kappa shape index (κ3) is 3.42. The van der Waals surface area contributed by atoms with Crippen molar-refractivity contribution >= 4 is 17.2 Å². The summed E-state index contributed by atoms with van der Waals surface area (Å²) in [6.45, 7) is 5.24. The number of nitrogens with two attached hydrogens (primary N) is 1. The lowest BCUT2D eigenvalue weighted by Crippen LogP contribution is -2.35. The maximum Gasteiger partial charge on any atom is 0.128 e. The van der Waals surface area contributed by atoms with E-state index in [1.54, 1.807) is 0 Å². The van der Waals surface area contributed by atoms with Crippen molar-refractivity contribution in [1.29, 1.82) is 0 Å². The number of rotatable bonds is 4. The van der Waals surface area contributed by atoms with Gasteiger partial charge in [-0.15, -0.1) is 0 Å². The van der Waals surface area contributed by atoms with Gasteiger partial charge in [0.25, 0.3) is 0 Å². The van der Waals surface area contributed by atoms with Crippen LogP contribution in [0.1, 0.15) is 30.4 Å². The molecule has 5 heteroatoms. The number of likely N-dealkylation sites (tertiary alicyclic amines) is 2. The molecule has 2 aliphatic heterocycles. The van der Waals surface area contributed by atoms with Crippen LogP contribution in [0.5, 0.6) is 0 Å². The summed E-state index contributed by atoms with van der Waals surface area (Å²) >= 11 is 4.88. The molecule has 21 heavy (non-hydrogen) atoms. The minimum absolute atomic E-state index is 0.204. The third-order valence-corrected chi connectivity index (χ3v) is 4.87. The van der Waals surface area contributed by atoms with Crippen LogP contribution in [-0.4, -0.2) is 47.0 Å². The van der Waals surface area contributed by atoms with Gasteiger partial charge in [-0.05, 0) is 38.4 Å². The first kappa shape index (κ1) is 14.9. The van der Waals surface area contributed by atoms with Crippen LogP contribution >= 0.6 is 12.2 Å². The van der Waals surface area contributed by atoms with Crippen LogP contribution in [0.15, 0.2) is 18.2 Å². The van der Waals surface area contributed by atoms with Crippen molar-refractivity contribution in [2.75, 3.05) is 26.2 Å². The SMILES string of the molecule is NC(=S)c1ccc(CN2CCC(N3CCCC3)C2)c(F)c1. The molecule has 2 fully saturated rings. The summed E-state index contributed by atoms with van der Waals surface area (Å²) in [5, 5.41) is 0. The molecule has 0 spiro atoms. The molecule has 1 aromatic rings. The standard InChI is InChI=1S/C16H22FN3S/c17-15-9-12(16(18)21)3-4-13(15)10-19-8-5-14(11-19)20-6-1-2-7-20/h3-4,9,14H,1-2,5-8,10-11H2,(H2,18,21). The zero-order valence-corrected chi connectivity index (χ0v) is 13.0. The molecule has 0 saturated carbocycles. The van der Waals surface area contributed by atoms with Gasteiger partial charge in [0, 0.05) is 36.8 Å². The predicted molar refractivity (Wildman–Crippen MR) is 86.8 cm³/mol. The third-order valence-electron chi connectivity index (χ3n) is 4.64. The maximum absolute atomic E-state index is 14.1. The molecule has 3 nitrogen and oxygen atoms in total. The highest BCUT2D eigenvalue weighted by atomic mass is 32.1. The largest absolute Gasteiger partial charge is 0.389 e. The second-order valence-corrected chi connectivity index (χ2v) is 6.53. The normalized spacial score (nSPS) is 23.8. The van der Waals surface area contributed by atoms with Gasteiger partial charge in [-0.2, -0.15) is 0 Å². The van der Waals surface area contributed by atoms with Crippen molar-refractivity contribution in [1.82, 2.24) is 9.80 Å². The minimum Gasteiger partial charge on any atom is -0.389 e. The predicted octanol–water partition coefficient (Wildman–Crippen LogP) is 2.13. The van der Waals surface area contributed by atoms with Crippen LogP contribution in [-0.2, 0) is 6.54 Å². The van der Waals surface area contributed by atoms with E-state index in [4.69, 9.17) is 18.0 Å². The first-order valence-electron chi connectivity index (χ1n) is 7.68. The lowest BCUT2D eigenvalue weighted by Gasteiger charge is -2.23. The van der Waals surface area contributed by atoms with E-state index < -0.39 is 0 Å². The highest BCUT2D eigenvalue weighted by Crippen LogP contribution is 2.22. The fraction of sp³-hybridized carbons (Fsp3) is 0.562. The molecule has 114 valence electrons. The molecule has 0 aromatic heterocycles. The Morgan fingerprint density at radius 2 is 2.05 bits per heavy atom. The zero-order valence-electron chi connectivity index (χ0n) is 12.2. The summed E-state index contributed by atoms with van der Waals surface area (Å²) in [5.41, 5.74) is 6.87. The van der Waals surface area contributed by atoms with Crippen molar-refractivity contribution < 1.29 is 4.39 Å². The molecule has 2 heterocycles. The number of hydrogen-bond acceptors (Lipinski definition) is 3. The van der Waals surface area contributed by atoms with Gasteiger partial charge in [-0.1, -0.05) is 24.4 Å². The Morgan fingerprint density at radius 1 is 1.29 bits per heavy atom. The van der Waals surface area contributed by atoms with Gasteiger partial charge in [0.15, 0.2) is 0 Å². The van der Waals surface area contributed by atoms with Crippen LogP contribution in [0.3, 0.4) is 0 Å². The van der Waals surface area contributed by atoms with Gasteiger partial charge in [-0.25, -0.2) is 4.39 Å². The highest BCUT2D eigenvalue weighted by molar-refractivity contribution is 7.80. The Labute approximate surface area is 130 Å². The van der Waals surface area contributed by atoms with E-state index >= 15 is 0 Å². The van der Waals surface area contributed by atoms with Crippen LogP contribution < -0.4 is 5.73 Å². The second kappa shape index (κ2) is 6.38. The van der Waals surface area contributed by atoms with Gasteiger partial charge < -0.3 is 5.73 Å². The number of benzene rings is 1. The average molecular weight is 307 g/mol. The van der Waals surface area contributed by atoms with E-state index in [0.29, 0.717) is 18.2 Å². The van der Waals surface area contributed by atoms with Crippen molar-refractivity contribution in [2.24, 2.45) is 5.73 Å². The summed E-state index contributed by atoms with van der Waals surface area (Å²) in [7, 11) is 0. The van der Waals surface area contributed by atoms with Crippen molar-refractivity contribution in [2.45, 2.75) is 31.8 Å². The van der Waals surface area contributed by atoms with Crippen LogP contribution in [0.4, 0.5) is 4.39 Å². The molecule has 3 rings (SSSR count). The topological polar surface area (TPSA) is 32.5 Å². The van der Waals surface area contributed by atoms with Crippen molar-refractivity contribution in [3.63, 3.8) is 0 Å². The van der Waals surface area contributed by atoms with Gasteiger partial charge in [-0.3, -0.25) is 9.80 Å². The molecular weight excluding hydrogens is 285 g/mol. The molecule has 0 amide bonds. The Kier molecular flexibility index (Phi) is 4.52.